The topological polar surface area (TPSA) is 73.6 Å². The zero-order chi connectivity index (χ0) is 9.94. The Bertz CT molecular complexity index is 131. The molecule has 0 atom stereocenters. The highest BCUT2D eigenvalue weighted by molar-refractivity contribution is 5.71. The first-order chi connectivity index (χ1) is 6.31. The van der Waals surface area contributed by atoms with Crippen LogP contribution in [0.25, 0.3) is 0 Å². The highest BCUT2D eigenvalue weighted by Gasteiger charge is 1.98. The van der Waals surface area contributed by atoms with Gasteiger partial charge in [0.1, 0.15) is 0 Å². The standard InChI is InChI=1S/C8H18N2O3/c1-2-13-8(11)7-10-4-6-12-5-3-9/h10H,2-7,9H2,1H3. The van der Waals surface area contributed by atoms with Crippen molar-refractivity contribution in [3.8, 4) is 0 Å². The Morgan fingerprint density at radius 3 is 2.85 bits per heavy atom. The third-order valence-electron chi connectivity index (χ3n) is 1.26. The molecule has 0 heterocycles. The number of carbonyl (C=O) groups excluding carboxylic acids is 1. The fraction of sp³-hybridized carbons (Fsp3) is 0.875. The number of nitrogens with two attached hydrogens (primary N) is 1. The SMILES string of the molecule is CCOC(=O)CNCCOCCN. The normalized spacial score (nSPS) is 10.0. The minimum absolute atomic E-state index is 0.235. The maximum atomic E-state index is 10.8. The van der Waals surface area contributed by atoms with Gasteiger partial charge in [0.2, 0.25) is 0 Å². The van der Waals surface area contributed by atoms with Crippen molar-refractivity contribution in [2.24, 2.45) is 5.73 Å². The Balaban J connectivity index is 3.02. The van der Waals surface area contributed by atoms with Crippen LogP contribution in [0.15, 0.2) is 0 Å². The van der Waals surface area contributed by atoms with Gasteiger partial charge in [0.15, 0.2) is 0 Å². The molecule has 3 N–H and O–H groups in total. The van der Waals surface area contributed by atoms with Gasteiger partial charge in [-0.25, -0.2) is 0 Å². The molecule has 0 unspecified atom stereocenters. The second-order valence-corrected chi connectivity index (χ2v) is 2.38. The number of carbonyl (C=O) groups is 1. The summed E-state index contributed by atoms with van der Waals surface area (Å²) in [5, 5.41) is 2.89. The number of rotatable bonds is 8. The minimum atomic E-state index is -0.235. The van der Waals surface area contributed by atoms with Crippen LogP contribution < -0.4 is 11.1 Å². The summed E-state index contributed by atoms with van der Waals surface area (Å²) in [6, 6.07) is 0. The van der Waals surface area contributed by atoms with Crippen LogP contribution in [-0.2, 0) is 14.3 Å². The quantitative estimate of drug-likeness (QED) is 0.384. The first kappa shape index (κ1) is 12.3. The molecule has 0 radical (unpaired) electrons. The lowest BCUT2D eigenvalue weighted by Gasteiger charge is -2.04. The van der Waals surface area contributed by atoms with Gasteiger partial charge in [0.25, 0.3) is 0 Å². The monoisotopic (exact) mass is 190 g/mol. The van der Waals surface area contributed by atoms with E-state index in [2.05, 4.69) is 5.32 Å². The van der Waals surface area contributed by atoms with Crippen LogP contribution in [0, 0.1) is 0 Å². The molecule has 5 heteroatoms. The first-order valence-corrected chi connectivity index (χ1v) is 4.45. The van der Waals surface area contributed by atoms with E-state index in [4.69, 9.17) is 15.2 Å². The summed E-state index contributed by atoms with van der Waals surface area (Å²) in [5.74, 6) is -0.235. The van der Waals surface area contributed by atoms with Crippen molar-refractivity contribution in [3.63, 3.8) is 0 Å². The highest BCUT2D eigenvalue weighted by atomic mass is 16.5. The first-order valence-electron chi connectivity index (χ1n) is 4.45. The highest BCUT2D eigenvalue weighted by Crippen LogP contribution is 1.75. The third kappa shape index (κ3) is 9.26. The Hall–Kier alpha value is -0.650. The molecule has 0 fully saturated rings. The Labute approximate surface area is 78.6 Å². The van der Waals surface area contributed by atoms with Crippen molar-refractivity contribution >= 4 is 5.97 Å². The summed E-state index contributed by atoms with van der Waals surface area (Å²) in [6.45, 7) is 4.72. The van der Waals surface area contributed by atoms with Crippen molar-refractivity contribution in [2.45, 2.75) is 6.92 Å². The molecule has 0 aliphatic heterocycles. The molecule has 13 heavy (non-hydrogen) atoms. The van der Waals surface area contributed by atoms with Gasteiger partial charge in [0, 0.05) is 13.1 Å². The van der Waals surface area contributed by atoms with E-state index >= 15 is 0 Å². The molecule has 0 saturated carbocycles. The van der Waals surface area contributed by atoms with Crippen LogP contribution in [-0.4, -0.2) is 45.4 Å². The van der Waals surface area contributed by atoms with E-state index in [1.807, 2.05) is 0 Å². The Kier molecular flexibility index (Phi) is 8.97. The zero-order valence-electron chi connectivity index (χ0n) is 8.04. The lowest BCUT2D eigenvalue weighted by atomic mass is 10.6. The van der Waals surface area contributed by atoms with Crippen LogP contribution in [0.1, 0.15) is 6.92 Å². The molecule has 0 aromatic carbocycles. The second-order valence-electron chi connectivity index (χ2n) is 2.38. The lowest BCUT2D eigenvalue weighted by molar-refractivity contribution is -0.142. The van der Waals surface area contributed by atoms with E-state index in [-0.39, 0.29) is 12.5 Å². The molecule has 0 rings (SSSR count). The van der Waals surface area contributed by atoms with Gasteiger partial charge in [0.05, 0.1) is 26.4 Å². The van der Waals surface area contributed by atoms with Crippen molar-refractivity contribution in [3.05, 3.63) is 0 Å². The molecule has 78 valence electrons. The molecule has 0 amide bonds. The number of ether oxygens (including phenoxy) is 2. The number of esters is 1. The Morgan fingerprint density at radius 1 is 1.46 bits per heavy atom. The molecule has 0 saturated heterocycles. The molecule has 5 nitrogen and oxygen atoms in total. The number of hydrogen-bond acceptors (Lipinski definition) is 5. The summed E-state index contributed by atoms with van der Waals surface area (Å²) in [7, 11) is 0. The van der Waals surface area contributed by atoms with Crippen molar-refractivity contribution in [1.29, 1.82) is 0 Å². The smallest absolute Gasteiger partial charge is 0.319 e. The van der Waals surface area contributed by atoms with Gasteiger partial charge in [-0.1, -0.05) is 0 Å². The molecule has 0 aromatic heterocycles. The van der Waals surface area contributed by atoms with Gasteiger partial charge in [-0.05, 0) is 6.92 Å². The van der Waals surface area contributed by atoms with Crippen molar-refractivity contribution in [2.75, 3.05) is 39.5 Å². The largest absolute Gasteiger partial charge is 0.465 e. The molecular formula is C8H18N2O3. The predicted molar refractivity (Wildman–Crippen MR) is 49.4 cm³/mol. The summed E-state index contributed by atoms with van der Waals surface area (Å²) in [5.41, 5.74) is 5.21. The van der Waals surface area contributed by atoms with Gasteiger partial charge in [-0.15, -0.1) is 0 Å². The van der Waals surface area contributed by atoms with E-state index in [0.717, 1.165) is 0 Å². The van der Waals surface area contributed by atoms with Crippen LogP contribution in [0.4, 0.5) is 0 Å². The van der Waals surface area contributed by atoms with Gasteiger partial charge < -0.3 is 20.5 Å². The Morgan fingerprint density at radius 2 is 2.23 bits per heavy atom. The third-order valence-corrected chi connectivity index (χ3v) is 1.26. The van der Waals surface area contributed by atoms with Gasteiger partial charge in [-0.2, -0.15) is 0 Å². The van der Waals surface area contributed by atoms with Crippen LogP contribution in [0.3, 0.4) is 0 Å². The van der Waals surface area contributed by atoms with Crippen LogP contribution in [0.5, 0.6) is 0 Å². The molecule has 0 spiro atoms. The minimum Gasteiger partial charge on any atom is -0.465 e. The lowest BCUT2D eigenvalue weighted by Crippen LogP contribution is -2.28. The predicted octanol–water partition coefficient (Wildman–Crippen LogP) is -0.886. The molecule has 0 aliphatic rings. The van der Waals surface area contributed by atoms with Crippen molar-refractivity contribution in [1.82, 2.24) is 5.32 Å². The van der Waals surface area contributed by atoms with E-state index in [9.17, 15) is 4.79 Å². The van der Waals surface area contributed by atoms with E-state index in [0.29, 0.717) is 32.9 Å². The number of nitrogens with one attached hydrogen (secondary N) is 1. The van der Waals surface area contributed by atoms with Gasteiger partial charge in [-0.3, -0.25) is 4.79 Å². The summed E-state index contributed by atoms with van der Waals surface area (Å²) < 4.78 is 9.79. The molecule has 0 aromatic rings. The fourth-order valence-electron chi connectivity index (χ4n) is 0.732. The number of hydrogen-bond donors (Lipinski definition) is 2. The maximum absolute atomic E-state index is 10.8. The fourth-order valence-corrected chi connectivity index (χ4v) is 0.732. The van der Waals surface area contributed by atoms with E-state index in [1.165, 1.54) is 0 Å². The maximum Gasteiger partial charge on any atom is 0.319 e. The average molecular weight is 190 g/mol. The second kappa shape index (κ2) is 9.44. The molecule has 0 aliphatic carbocycles. The van der Waals surface area contributed by atoms with Crippen LogP contribution >= 0.6 is 0 Å². The summed E-state index contributed by atoms with van der Waals surface area (Å²) in [6.07, 6.45) is 0. The van der Waals surface area contributed by atoms with E-state index in [1.54, 1.807) is 6.92 Å². The molecule has 0 bridgehead atoms. The zero-order valence-corrected chi connectivity index (χ0v) is 8.04. The summed E-state index contributed by atoms with van der Waals surface area (Å²) >= 11 is 0. The van der Waals surface area contributed by atoms with Gasteiger partial charge >= 0.3 is 5.97 Å². The summed E-state index contributed by atoms with van der Waals surface area (Å²) in [4.78, 5) is 10.8. The van der Waals surface area contributed by atoms with Crippen LogP contribution in [0.2, 0.25) is 0 Å². The van der Waals surface area contributed by atoms with E-state index < -0.39 is 0 Å². The van der Waals surface area contributed by atoms with Crippen molar-refractivity contribution < 1.29 is 14.3 Å². The average Bonchev–Trinajstić information content (AvgIpc) is 2.11. The molecular weight excluding hydrogens is 172 g/mol.